The molecule has 0 spiro atoms. The van der Waals surface area contributed by atoms with E-state index in [-0.39, 0.29) is 0 Å². The molecule has 0 saturated heterocycles. The number of fused-ring (bicyclic) bond motifs is 1. The largest absolute Gasteiger partial charge is 0.384 e. The summed E-state index contributed by atoms with van der Waals surface area (Å²) >= 11 is 8.06. The van der Waals surface area contributed by atoms with Crippen LogP contribution in [0.5, 0.6) is 0 Å². The van der Waals surface area contributed by atoms with Gasteiger partial charge in [-0.3, -0.25) is 0 Å². The van der Waals surface area contributed by atoms with E-state index in [2.05, 4.69) is 63.3 Å². The number of para-hydroxylation sites is 1. The molecule has 0 bridgehead atoms. The van der Waals surface area contributed by atoms with E-state index in [1.807, 2.05) is 62.3 Å². The lowest BCUT2D eigenvalue weighted by Gasteiger charge is -2.29. The summed E-state index contributed by atoms with van der Waals surface area (Å²) in [4.78, 5) is 11.7. The third-order valence-corrected chi connectivity index (χ3v) is 9.26. The van der Waals surface area contributed by atoms with Crippen LogP contribution in [0.2, 0.25) is 5.02 Å². The molecule has 1 aliphatic carbocycles. The molecule has 1 fully saturated rings. The predicted molar refractivity (Wildman–Crippen MR) is 178 cm³/mol. The standard InChI is InChI=1S/C33H41ClN6S/c1-40(2)32-29-10-6-7-11-30(29)38-33(39-32)37-28-16-12-24(13-17-28)22-35-20-21-41-31(25-8-4-3-5-9-25)23-36-27-18-14-26(34)15-19-27/h3-11,14-15,18-19,24,28,31,35-36H,12-13,16-17,20-23H2,1-2H3,(H,37,38,39)/t24-,28+,31?. The highest BCUT2D eigenvalue weighted by Crippen LogP contribution is 2.30. The Labute approximate surface area is 253 Å². The summed E-state index contributed by atoms with van der Waals surface area (Å²) in [7, 11) is 4.07. The highest BCUT2D eigenvalue weighted by Gasteiger charge is 2.22. The van der Waals surface area contributed by atoms with Gasteiger partial charge in [0.15, 0.2) is 0 Å². The Morgan fingerprint density at radius 1 is 0.902 bits per heavy atom. The summed E-state index contributed by atoms with van der Waals surface area (Å²) in [5.74, 6) is 3.50. The lowest BCUT2D eigenvalue weighted by molar-refractivity contribution is 0.326. The number of nitrogens with zero attached hydrogens (tertiary/aromatic N) is 3. The number of thioether (sulfide) groups is 1. The zero-order valence-corrected chi connectivity index (χ0v) is 25.6. The predicted octanol–water partition coefficient (Wildman–Crippen LogP) is 7.50. The third-order valence-electron chi connectivity index (χ3n) is 7.72. The second kappa shape index (κ2) is 14.8. The molecule has 5 rings (SSSR count). The van der Waals surface area contributed by atoms with Gasteiger partial charge in [0.2, 0.25) is 5.95 Å². The van der Waals surface area contributed by atoms with Crippen LogP contribution in [0, 0.1) is 5.92 Å². The van der Waals surface area contributed by atoms with Gasteiger partial charge in [0.1, 0.15) is 5.82 Å². The minimum atomic E-state index is 0.389. The van der Waals surface area contributed by atoms with Crippen LogP contribution in [-0.4, -0.2) is 55.5 Å². The van der Waals surface area contributed by atoms with E-state index >= 15 is 0 Å². The van der Waals surface area contributed by atoms with Crippen LogP contribution in [0.15, 0.2) is 78.9 Å². The number of benzene rings is 3. The lowest BCUT2D eigenvalue weighted by Crippen LogP contribution is -2.32. The number of aromatic nitrogens is 2. The molecule has 0 aliphatic heterocycles. The van der Waals surface area contributed by atoms with Gasteiger partial charge in [-0.1, -0.05) is 54.1 Å². The van der Waals surface area contributed by atoms with E-state index in [0.29, 0.717) is 11.3 Å². The van der Waals surface area contributed by atoms with Gasteiger partial charge in [-0.15, -0.1) is 0 Å². The van der Waals surface area contributed by atoms with Crippen molar-refractivity contribution in [3.63, 3.8) is 0 Å². The van der Waals surface area contributed by atoms with Crippen LogP contribution in [0.25, 0.3) is 10.9 Å². The minimum absolute atomic E-state index is 0.389. The summed E-state index contributed by atoms with van der Waals surface area (Å²) in [5, 5.41) is 13.2. The van der Waals surface area contributed by atoms with Crippen molar-refractivity contribution in [3.8, 4) is 0 Å². The molecule has 4 aromatic rings. The molecule has 0 amide bonds. The SMILES string of the molecule is CN(C)c1nc(N[C@H]2CC[C@@H](CNCCSC(CNc3ccc(Cl)cc3)c3ccccc3)CC2)nc2ccccc12. The van der Waals surface area contributed by atoms with Crippen molar-refractivity contribution in [2.24, 2.45) is 5.92 Å². The van der Waals surface area contributed by atoms with Gasteiger partial charge in [0.05, 0.1) is 5.52 Å². The van der Waals surface area contributed by atoms with Crippen LogP contribution in [0.4, 0.5) is 17.5 Å². The molecule has 1 heterocycles. The molecule has 1 aliphatic rings. The summed E-state index contributed by atoms with van der Waals surface area (Å²) in [6, 6.07) is 27.4. The van der Waals surface area contributed by atoms with Crippen molar-refractivity contribution in [1.29, 1.82) is 0 Å². The van der Waals surface area contributed by atoms with Gasteiger partial charge in [-0.05, 0) is 80.1 Å². The molecular weight excluding hydrogens is 548 g/mol. The topological polar surface area (TPSA) is 65.1 Å². The van der Waals surface area contributed by atoms with Crippen LogP contribution in [0.3, 0.4) is 0 Å². The molecule has 1 unspecified atom stereocenters. The van der Waals surface area contributed by atoms with Gasteiger partial charge in [0.25, 0.3) is 0 Å². The third kappa shape index (κ3) is 8.51. The quantitative estimate of drug-likeness (QED) is 0.140. The molecule has 3 N–H and O–H groups in total. The van der Waals surface area contributed by atoms with Crippen LogP contribution < -0.4 is 20.9 Å². The number of halogens is 1. The van der Waals surface area contributed by atoms with Crippen LogP contribution in [0.1, 0.15) is 36.5 Å². The summed E-state index contributed by atoms with van der Waals surface area (Å²) < 4.78 is 0. The van der Waals surface area contributed by atoms with E-state index < -0.39 is 0 Å². The molecule has 8 heteroatoms. The molecule has 1 aromatic heterocycles. The average molecular weight is 589 g/mol. The first kappa shape index (κ1) is 29.5. The number of rotatable bonds is 13. The normalized spacial score (nSPS) is 17.7. The van der Waals surface area contributed by atoms with E-state index in [1.165, 1.54) is 18.4 Å². The molecule has 216 valence electrons. The number of hydrogen-bond donors (Lipinski definition) is 3. The minimum Gasteiger partial charge on any atom is -0.384 e. The average Bonchev–Trinajstić information content (AvgIpc) is 3.00. The Hall–Kier alpha value is -3.00. The van der Waals surface area contributed by atoms with Crippen molar-refractivity contribution in [2.75, 3.05) is 55.0 Å². The number of hydrogen-bond acceptors (Lipinski definition) is 7. The van der Waals surface area contributed by atoms with Crippen molar-refractivity contribution in [1.82, 2.24) is 15.3 Å². The smallest absolute Gasteiger partial charge is 0.225 e. The number of anilines is 3. The highest BCUT2D eigenvalue weighted by atomic mass is 35.5. The molecule has 0 radical (unpaired) electrons. The first-order valence-corrected chi connectivity index (χ1v) is 16.0. The zero-order valence-electron chi connectivity index (χ0n) is 24.0. The Bertz CT molecular complexity index is 1360. The van der Waals surface area contributed by atoms with Gasteiger partial charge in [0, 0.05) is 60.3 Å². The second-order valence-electron chi connectivity index (χ2n) is 11.0. The first-order chi connectivity index (χ1) is 20.0. The van der Waals surface area contributed by atoms with Gasteiger partial charge < -0.3 is 20.9 Å². The number of nitrogens with one attached hydrogen (secondary N) is 3. The zero-order chi connectivity index (χ0) is 28.4. The fraction of sp³-hybridized carbons (Fsp3) is 0.394. The van der Waals surface area contributed by atoms with Crippen LogP contribution >= 0.6 is 23.4 Å². The Morgan fingerprint density at radius 2 is 1.63 bits per heavy atom. The molecule has 41 heavy (non-hydrogen) atoms. The van der Waals surface area contributed by atoms with Crippen molar-refractivity contribution >= 4 is 51.7 Å². The first-order valence-electron chi connectivity index (χ1n) is 14.6. The Kier molecular flexibility index (Phi) is 10.6. The van der Waals surface area contributed by atoms with E-state index in [9.17, 15) is 0 Å². The van der Waals surface area contributed by atoms with E-state index in [0.717, 1.165) is 77.5 Å². The van der Waals surface area contributed by atoms with E-state index in [4.69, 9.17) is 21.6 Å². The van der Waals surface area contributed by atoms with Crippen LogP contribution in [-0.2, 0) is 0 Å². The summed E-state index contributed by atoms with van der Waals surface area (Å²) in [6.45, 7) is 2.99. The van der Waals surface area contributed by atoms with Crippen molar-refractivity contribution in [2.45, 2.75) is 37.0 Å². The molecule has 1 atom stereocenters. The summed E-state index contributed by atoms with van der Waals surface area (Å²) in [5.41, 5.74) is 3.45. The fourth-order valence-electron chi connectivity index (χ4n) is 5.46. The van der Waals surface area contributed by atoms with Crippen molar-refractivity contribution < 1.29 is 0 Å². The Morgan fingerprint density at radius 3 is 2.39 bits per heavy atom. The molecule has 1 saturated carbocycles. The van der Waals surface area contributed by atoms with Crippen molar-refractivity contribution in [3.05, 3.63) is 89.4 Å². The summed E-state index contributed by atoms with van der Waals surface area (Å²) in [6.07, 6.45) is 4.76. The maximum Gasteiger partial charge on any atom is 0.225 e. The fourth-order valence-corrected chi connectivity index (χ4v) is 6.68. The molecular formula is C33H41ClN6S. The van der Waals surface area contributed by atoms with Gasteiger partial charge in [-0.2, -0.15) is 16.7 Å². The van der Waals surface area contributed by atoms with Gasteiger partial charge in [-0.25, -0.2) is 4.98 Å². The maximum absolute atomic E-state index is 6.05. The molecule has 3 aromatic carbocycles. The highest BCUT2D eigenvalue weighted by molar-refractivity contribution is 7.99. The van der Waals surface area contributed by atoms with E-state index in [1.54, 1.807) is 0 Å². The monoisotopic (exact) mass is 588 g/mol. The maximum atomic E-state index is 6.05. The second-order valence-corrected chi connectivity index (χ2v) is 12.8. The van der Waals surface area contributed by atoms with Gasteiger partial charge >= 0.3 is 0 Å². The lowest BCUT2D eigenvalue weighted by atomic mass is 9.86. The molecule has 6 nitrogen and oxygen atoms in total. The Balaban J connectivity index is 1.04.